The van der Waals surface area contributed by atoms with Gasteiger partial charge in [0.15, 0.2) is 4.96 Å². The predicted molar refractivity (Wildman–Crippen MR) is 82.4 cm³/mol. The molecule has 20 heavy (non-hydrogen) atoms. The first-order chi connectivity index (χ1) is 9.65. The Morgan fingerprint density at radius 2 is 2.20 bits per heavy atom. The lowest BCUT2D eigenvalue weighted by atomic mass is 9.93. The highest BCUT2D eigenvalue weighted by Gasteiger charge is 2.21. The van der Waals surface area contributed by atoms with Crippen LogP contribution >= 0.6 is 11.3 Å². The number of nitrogens with one attached hydrogen (secondary N) is 1. The van der Waals surface area contributed by atoms with Gasteiger partial charge in [-0.3, -0.25) is 4.40 Å². The van der Waals surface area contributed by atoms with Crippen molar-refractivity contribution >= 4 is 16.3 Å². The van der Waals surface area contributed by atoms with Crippen LogP contribution in [-0.2, 0) is 11.3 Å². The second-order valence-electron chi connectivity index (χ2n) is 5.76. The maximum atomic E-state index is 5.44. The molecule has 0 radical (unpaired) electrons. The van der Waals surface area contributed by atoms with Gasteiger partial charge in [-0.05, 0) is 39.5 Å². The Labute approximate surface area is 124 Å². The van der Waals surface area contributed by atoms with Crippen LogP contribution in [0.3, 0.4) is 0 Å². The Bertz CT molecular complexity index is 583. The van der Waals surface area contributed by atoms with Gasteiger partial charge in [0.2, 0.25) is 0 Å². The van der Waals surface area contributed by atoms with Crippen LogP contribution in [0, 0.1) is 19.8 Å². The van der Waals surface area contributed by atoms with E-state index in [0.29, 0.717) is 6.04 Å². The summed E-state index contributed by atoms with van der Waals surface area (Å²) in [5.41, 5.74) is 2.44. The highest BCUT2D eigenvalue weighted by molar-refractivity contribution is 7.17. The van der Waals surface area contributed by atoms with Crippen LogP contribution in [0.25, 0.3) is 4.96 Å². The van der Waals surface area contributed by atoms with Crippen molar-refractivity contribution in [3.05, 3.63) is 22.5 Å². The van der Waals surface area contributed by atoms with Crippen molar-refractivity contribution in [3.8, 4) is 0 Å². The van der Waals surface area contributed by atoms with Gasteiger partial charge >= 0.3 is 0 Å². The summed E-state index contributed by atoms with van der Waals surface area (Å²) in [6.07, 6.45) is 4.54. The van der Waals surface area contributed by atoms with E-state index in [0.717, 1.165) is 36.3 Å². The van der Waals surface area contributed by atoms with Crippen molar-refractivity contribution in [1.29, 1.82) is 0 Å². The van der Waals surface area contributed by atoms with E-state index < -0.39 is 0 Å². The Morgan fingerprint density at radius 1 is 1.45 bits per heavy atom. The van der Waals surface area contributed by atoms with Gasteiger partial charge in [0.05, 0.1) is 11.4 Å². The Kier molecular flexibility index (Phi) is 4.10. The van der Waals surface area contributed by atoms with E-state index in [1.54, 1.807) is 11.3 Å². The molecule has 2 aromatic rings. The number of fused-ring (bicyclic) bond motifs is 1. The van der Waals surface area contributed by atoms with Crippen LogP contribution in [-0.4, -0.2) is 28.6 Å². The number of hydrogen-bond donors (Lipinski definition) is 1. The van der Waals surface area contributed by atoms with Gasteiger partial charge in [-0.1, -0.05) is 0 Å². The zero-order valence-corrected chi connectivity index (χ0v) is 13.3. The lowest BCUT2D eigenvalue weighted by Crippen LogP contribution is -2.36. The molecule has 1 fully saturated rings. The average Bonchev–Trinajstić information content (AvgIpc) is 2.92. The molecule has 0 aliphatic carbocycles. The van der Waals surface area contributed by atoms with Crippen LogP contribution < -0.4 is 5.32 Å². The van der Waals surface area contributed by atoms with E-state index >= 15 is 0 Å². The second-order valence-corrected chi connectivity index (χ2v) is 6.97. The summed E-state index contributed by atoms with van der Waals surface area (Å²) in [4.78, 5) is 7.06. The van der Waals surface area contributed by atoms with Gasteiger partial charge in [-0.15, -0.1) is 11.3 Å². The molecule has 3 rings (SSSR count). The number of aryl methyl sites for hydroxylation is 2. The molecule has 1 N–H and O–H groups in total. The molecule has 110 valence electrons. The fourth-order valence-corrected chi connectivity index (χ4v) is 3.85. The summed E-state index contributed by atoms with van der Waals surface area (Å²) in [5.74, 6) is 0.733. The fourth-order valence-electron chi connectivity index (χ4n) is 2.96. The van der Waals surface area contributed by atoms with Crippen LogP contribution in [0.5, 0.6) is 0 Å². The van der Waals surface area contributed by atoms with Crippen LogP contribution in [0.15, 0.2) is 6.20 Å². The molecule has 0 aromatic carbocycles. The number of nitrogens with zero attached hydrogens (tertiary/aromatic N) is 2. The van der Waals surface area contributed by atoms with E-state index in [4.69, 9.17) is 4.74 Å². The van der Waals surface area contributed by atoms with Crippen molar-refractivity contribution < 1.29 is 4.74 Å². The zero-order valence-electron chi connectivity index (χ0n) is 12.5. The minimum Gasteiger partial charge on any atom is -0.381 e. The summed E-state index contributed by atoms with van der Waals surface area (Å²) in [7, 11) is 0. The second kappa shape index (κ2) is 5.84. The lowest BCUT2D eigenvalue weighted by molar-refractivity contribution is 0.0557. The smallest absolute Gasteiger partial charge is 0.194 e. The van der Waals surface area contributed by atoms with Crippen LogP contribution in [0.2, 0.25) is 0 Å². The highest BCUT2D eigenvalue weighted by Crippen LogP contribution is 2.22. The number of rotatable bonds is 4. The summed E-state index contributed by atoms with van der Waals surface area (Å²) in [6.45, 7) is 9.25. The van der Waals surface area contributed by atoms with E-state index in [1.165, 1.54) is 23.4 Å². The topological polar surface area (TPSA) is 38.6 Å². The first-order valence-corrected chi connectivity index (χ1v) is 8.22. The molecule has 1 saturated heterocycles. The molecule has 0 spiro atoms. The summed E-state index contributed by atoms with van der Waals surface area (Å²) in [6, 6.07) is 0.531. The number of ether oxygens (including phenoxy) is 1. The van der Waals surface area contributed by atoms with Crippen molar-refractivity contribution in [2.45, 2.75) is 46.2 Å². The summed E-state index contributed by atoms with van der Waals surface area (Å²) in [5, 5.41) is 3.69. The molecular formula is C15H23N3OS. The molecule has 2 aromatic heterocycles. The maximum Gasteiger partial charge on any atom is 0.194 e. The standard InChI is InChI=1S/C15H23N3OS/c1-10-9-18-14(12(3)17-15(18)20-10)8-16-11(2)13-4-6-19-7-5-13/h9,11,13,16H,4-8H2,1-3H3. The van der Waals surface area contributed by atoms with Gasteiger partial charge in [0.1, 0.15) is 0 Å². The van der Waals surface area contributed by atoms with Gasteiger partial charge in [-0.25, -0.2) is 4.98 Å². The molecule has 3 heterocycles. The summed E-state index contributed by atoms with van der Waals surface area (Å²) < 4.78 is 7.67. The van der Waals surface area contributed by atoms with E-state index in [9.17, 15) is 0 Å². The van der Waals surface area contributed by atoms with E-state index in [2.05, 4.69) is 41.7 Å². The molecule has 1 aliphatic heterocycles. The number of aromatic nitrogens is 2. The minimum atomic E-state index is 0.531. The molecule has 1 unspecified atom stereocenters. The van der Waals surface area contributed by atoms with E-state index in [-0.39, 0.29) is 0 Å². The maximum absolute atomic E-state index is 5.44. The Hall–Kier alpha value is -0.910. The van der Waals surface area contributed by atoms with Gasteiger partial charge in [0, 0.05) is 36.9 Å². The number of thiazole rings is 1. The summed E-state index contributed by atoms with van der Waals surface area (Å²) >= 11 is 1.76. The van der Waals surface area contributed by atoms with Gasteiger partial charge in [0.25, 0.3) is 0 Å². The van der Waals surface area contributed by atoms with Crippen molar-refractivity contribution in [1.82, 2.24) is 14.7 Å². The van der Waals surface area contributed by atoms with Crippen LogP contribution in [0.4, 0.5) is 0 Å². The molecule has 5 heteroatoms. The molecule has 4 nitrogen and oxygen atoms in total. The largest absolute Gasteiger partial charge is 0.381 e. The SMILES string of the molecule is Cc1cn2c(CNC(C)C3CCOCC3)c(C)nc2s1. The fraction of sp³-hybridized carbons (Fsp3) is 0.667. The zero-order chi connectivity index (χ0) is 14.1. The number of imidazole rings is 1. The lowest BCUT2D eigenvalue weighted by Gasteiger charge is -2.28. The molecule has 0 saturated carbocycles. The normalized spacial score (nSPS) is 18.8. The predicted octanol–water partition coefficient (Wildman–Crippen LogP) is 2.92. The third-order valence-corrected chi connectivity index (χ3v) is 5.20. The number of hydrogen-bond acceptors (Lipinski definition) is 4. The van der Waals surface area contributed by atoms with Gasteiger partial charge < -0.3 is 10.1 Å². The first-order valence-electron chi connectivity index (χ1n) is 7.40. The van der Waals surface area contributed by atoms with Crippen molar-refractivity contribution in [3.63, 3.8) is 0 Å². The Balaban J connectivity index is 1.68. The third kappa shape index (κ3) is 2.75. The first kappa shape index (κ1) is 14.0. The van der Waals surface area contributed by atoms with Gasteiger partial charge in [-0.2, -0.15) is 0 Å². The molecule has 1 atom stereocenters. The van der Waals surface area contributed by atoms with Crippen LogP contribution in [0.1, 0.15) is 36.0 Å². The monoisotopic (exact) mass is 293 g/mol. The van der Waals surface area contributed by atoms with E-state index in [1.807, 2.05) is 0 Å². The molecule has 1 aliphatic rings. The Morgan fingerprint density at radius 3 is 2.95 bits per heavy atom. The molecule has 0 bridgehead atoms. The van der Waals surface area contributed by atoms with Crippen molar-refractivity contribution in [2.75, 3.05) is 13.2 Å². The minimum absolute atomic E-state index is 0.531. The molecular weight excluding hydrogens is 270 g/mol. The van der Waals surface area contributed by atoms with Crippen molar-refractivity contribution in [2.24, 2.45) is 5.92 Å². The average molecular weight is 293 g/mol. The highest BCUT2D eigenvalue weighted by atomic mass is 32.1. The quantitative estimate of drug-likeness (QED) is 0.942. The third-order valence-electron chi connectivity index (χ3n) is 4.31. The molecule has 0 amide bonds.